The molecule has 0 atom stereocenters. The Hall–Kier alpha value is -2.91. The van der Waals surface area contributed by atoms with Crippen molar-refractivity contribution in [1.29, 1.82) is 0 Å². The Morgan fingerprint density at radius 2 is 1.91 bits per heavy atom. The lowest BCUT2D eigenvalue weighted by atomic mass is 10.4. The van der Waals surface area contributed by atoms with Gasteiger partial charge in [-0.1, -0.05) is 0 Å². The van der Waals surface area contributed by atoms with E-state index in [0.717, 1.165) is 4.57 Å². The number of carbonyl (C=O) groups excluding carboxylic acids is 2. The number of likely N-dealkylation sites (N-methyl/N-ethyl adjacent to an activating group) is 1. The highest BCUT2D eigenvalue weighted by Crippen LogP contribution is 2.02. The quantitative estimate of drug-likeness (QED) is 0.677. The van der Waals surface area contributed by atoms with Crippen LogP contribution in [0.1, 0.15) is 0 Å². The van der Waals surface area contributed by atoms with Crippen LogP contribution in [0.2, 0.25) is 0 Å². The molecule has 0 saturated heterocycles. The second-order valence-electron chi connectivity index (χ2n) is 5.33. The van der Waals surface area contributed by atoms with Crippen LogP contribution in [-0.2, 0) is 30.2 Å². The number of nitrogens with one attached hydrogen (secondary N) is 1. The zero-order valence-corrected chi connectivity index (χ0v) is 13.4. The van der Waals surface area contributed by atoms with E-state index in [1.807, 2.05) is 0 Å². The summed E-state index contributed by atoms with van der Waals surface area (Å²) in [6.07, 6.45) is 1.42. The van der Waals surface area contributed by atoms with Gasteiger partial charge in [-0.05, 0) is 0 Å². The molecule has 0 bridgehead atoms. The normalized spacial score (nSPS) is 10.8. The van der Waals surface area contributed by atoms with Crippen LogP contribution >= 0.6 is 0 Å². The van der Waals surface area contributed by atoms with Crippen LogP contribution in [0.5, 0.6) is 0 Å². The Bertz CT molecular complexity index is 888. The summed E-state index contributed by atoms with van der Waals surface area (Å²) in [5.41, 5.74) is -0.765. The number of rotatable bonds is 4. The number of aromatic nitrogens is 4. The van der Waals surface area contributed by atoms with Crippen LogP contribution in [-0.4, -0.2) is 56.0 Å². The fourth-order valence-electron chi connectivity index (χ4n) is 2.07. The molecule has 0 spiro atoms. The third-order valence-electron chi connectivity index (χ3n) is 3.44. The second-order valence-corrected chi connectivity index (χ2v) is 5.33. The highest BCUT2D eigenvalue weighted by molar-refractivity contribution is 5.84. The minimum Gasteiger partial charge on any atom is -0.347 e. The summed E-state index contributed by atoms with van der Waals surface area (Å²) in [6, 6.07) is 0. The molecule has 23 heavy (non-hydrogen) atoms. The Balaban J connectivity index is 2.32. The molecule has 2 heterocycles. The summed E-state index contributed by atoms with van der Waals surface area (Å²) >= 11 is 0. The van der Waals surface area contributed by atoms with E-state index >= 15 is 0 Å². The molecular formula is C13H18N6O4. The van der Waals surface area contributed by atoms with Crippen molar-refractivity contribution in [1.82, 2.24) is 28.9 Å². The van der Waals surface area contributed by atoms with Gasteiger partial charge in [-0.15, -0.1) is 0 Å². The first-order valence-electron chi connectivity index (χ1n) is 6.81. The van der Waals surface area contributed by atoms with Gasteiger partial charge in [-0.2, -0.15) is 0 Å². The Kier molecular flexibility index (Phi) is 4.34. The van der Waals surface area contributed by atoms with Gasteiger partial charge in [-0.25, -0.2) is 14.3 Å². The smallest absolute Gasteiger partial charge is 0.332 e. The van der Waals surface area contributed by atoms with E-state index in [1.54, 1.807) is 21.1 Å². The lowest BCUT2D eigenvalue weighted by molar-refractivity contribution is -0.131. The number of carbonyl (C=O) groups is 2. The molecule has 2 amide bonds. The van der Waals surface area contributed by atoms with Crippen molar-refractivity contribution < 1.29 is 9.59 Å². The van der Waals surface area contributed by atoms with Crippen LogP contribution in [0, 0.1) is 0 Å². The van der Waals surface area contributed by atoms with E-state index < -0.39 is 23.7 Å². The molecule has 0 aliphatic heterocycles. The number of fused-ring (bicyclic) bond motifs is 1. The molecule has 0 unspecified atom stereocenters. The van der Waals surface area contributed by atoms with Gasteiger partial charge in [0.1, 0.15) is 6.54 Å². The molecule has 1 N–H and O–H groups in total. The van der Waals surface area contributed by atoms with Crippen LogP contribution in [0.3, 0.4) is 0 Å². The molecule has 0 fully saturated rings. The van der Waals surface area contributed by atoms with E-state index in [2.05, 4.69) is 10.3 Å². The van der Waals surface area contributed by atoms with Crippen molar-refractivity contribution in [2.45, 2.75) is 6.54 Å². The molecule has 2 aromatic rings. The van der Waals surface area contributed by atoms with Gasteiger partial charge < -0.3 is 14.8 Å². The standard InChI is InChI=1S/C13H18N6O4/c1-16(2)9(21)5-14-8(20)6-19-12(22)10-11(15-7-17(10)3)18(4)13(19)23/h7H,5-6H2,1-4H3,(H,14,20). The van der Waals surface area contributed by atoms with E-state index in [1.165, 1.54) is 27.4 Å². The average molecular weight is 322 g/mol. The number of nitrogens with zero attached hydrogens (tertiary/aromatic N) is 5. The van der Waals surface area contributed by atoms with Crippen LogP contribution in [0.25, 0.3) is 11.2 Å². The van der Waals surface area contributed by atoms with Crippen molar-refractivity contribution in [2.24, 2.45) is 14.1 Å². The van der Waals surface area contributed by atoms with Gasteiger partial charge in [0.25, 0.3) is 5.56 Å². The average Bonchev–Trinajstić information content (AvgIpc) is 2.88. The fourth-order valence-corrected chi connectivity index (χ4v) is 2.07. The zero-order chi connectivity index (χ0) is 17.3. The molecule has 10 heteroatoms. The third kappa shape index (κ3) is 3.00. The summed E-state index contributed by atoms with van der Waals surface area (Å²) < 4.78 is 3.51. The Morgan fingerprint density at radius 1 is 1.26 bits per heavy atom. The predicted octanol–water partition coefficient (Wildman–Crippen LogP) is -2.36. The maximum Gasteiger partial charge on any atom is 0.332 e. The fraction of sp³-hybridized carbons (Fsp3) is 0.462. The summed E-state index contributed by atoms with van der Waals surface area (Å²) in [7, 11) is 6.22. The first-order chi connectivity index (χ1) is 10.7. The molecule has 0 aromatic carbocycles. The van der Waals surface area contributed by atoms with Crippen molar-refractivity contribution >= 4 is 23.0 Å². The maximum absolute atomic E-state index is 12.4. The minimum absolute atomic E-state index is 0.200. The van der Waals surface area contributed by atoms with Gasteiger partial charge in [0.2, 0.25) is 11.8 Å². The first kappa shape index (κ1) is 16.5. The van der Waals surface area contributed by atoms with Crippen LogP contribution < -0.4 is 16.6 Å². The SMILES string of the molecule is CN(C)C(=O)CNC(=O)Cn1c(=O)c2c(ncn2C)n(C)c1=O. The summed E-state index contributed by atoms with van der Waals surface area (Å²) in [5.74, 6) is -0.887. The molecule has 0 aliphatic rings. The van der Waals surface area contributed by atoms with Crippen molar-refractivity contribution in [3.8, 4) is 0 Å². The van der Waals surface area contributed by atoms with E-state index in [-0.39, 0.29) is 23.6 Å². The number of hydrogen-bond acceptors (Lipinski definition) is 5. The molecule has 2 rings (SSSR count). The lowest BCUT2D eigenvalue weighted by Crippen LogP contribution is -2.45. The number of amides is 2. The summed E-state index contributed by atoms with van der Waals surface area (Å²) in [5, 5.41) is 2.38. The zero-order valence-electron chi connectivity index (χ0n) is 13.4. The van der Waals surface area contributed by atoms with Crippen molar-refractivity contribution in [3.63, 3.8) is 0 Å². The van der Waals surface area contributed by atoms with Gasteiger partial charge in [0, 0.05) is 28.2 Å². The van der Waals surface area contributed by atoms with Crippen molar-refractivity contribution in [3.05, 3.63) is 27.2 Å². The predicted molar refractivity (Wildman–Crippen MR) is 81.9 cm³/mol. The molecule has 10 nitrogen and oxygen atoms in total. The second kappa shape index (κ2) is 6.07. The van der Waals surface area contributed by atoms with E-state index in [0.29, 0.717) is 0 Å². The molecule has 2 aromatic heterocycles. The van der Waals surface area contributed by atoms with E-state index in [4.69, 9.17) is 0 Å². The van der Waals surface area contributed by atoms with Crippen molar-refractivity contribution in [2.75, 3.05) is 20.6 Å². The largest absolute Gasteiger partial charge is 0.347 e. The van der Waals surface area contributed by atoms with Gasteiger partial charge in [0.15, 0.2) is 11.2 Å². The van der Waals surface area contributed by atoms with Gasteiger partial charge in [0.05, 0.1) is 12.9 Å². The molecule has 0 radical (unpaired) electrons. The molecular weight excluding hydrogens is 304 g/mol. The van der Waals surface area contributed by atoms with Gasteiger partial charge in [-0.3, -0.25) is 19.0 Å². The number of imidazole rings is 1. The first-order valence-corrected chi connectivity index (χ1v) is 6.81. The van der Waals surface area contributed by atoms with Gasteiger partial charge >= 0.3 is 5.69 Å². The van der Waals surface area contributed by atoms with E-state index in [9.17, 15) is 19.2 Å². The highest BCUT2D eigenvalue weighted by Gasteiger charge is 2.17. The molecule has 124 valence electrons. The lowest BCUT2D eigenvalue weighted by Gasteiger charge is -2.12. The highest BCUT2D eigenvalue weighted by atomic mass is 16.2. The third-order valence-corrected chi connectivity index (χ3v) is 3.44. The maximum atomic E-state index is 12.4. The van der Waals surface area contributed by atoms with Crippen LogP contribution in [0.15, 0.2) is 15.9 Å². The summed E-state index contributed by atoms with van der Waals surface area (Å²) in [4.78, 5) is 53.3. The van der Waals surface area contributed by atoms with Crippen LogP contribution in [0.4, 0.5) is 0 Å². The Labute approximate surface area is 130 Å². The molecule has 0 aliphatic carbocycles. The molecule has 0 saturated carbocycles. The summed E-state index contributed by atoms with van der Waals surface area (Å²) in [6.45, 7) is -0.664. The minimum atomic E-state index is -0.643. The number of aryl methyl sites for hydroxylation is 2. The Morgan fingerprint density at radius 3 is 2.52 bits per heavy atom. The topological polar surface area (TPSA) is 111 Å². The monoisotopic (exact) mass is 322 g/mol. The number of hydrogen-bond donors (Lipinski definition) is 1.